The maximum Gasteiger partial charge on any atom is 0.341 e. The fraction of sp³-hybridized carbons (Fsp3) is 0.286. The van der Waals surface area contributed by atoms with Crippen molar-refractivity contribution in [3.8, 4) is 6.07 Å². The summed E-state index contributed by atoms with van der Waals surface area (Å²) in [7, 11) is 0. The Bertz CT molecular complexity index is 1120. The van der Waals surface area contributed by atoms with Crippen LogP contribution in [0.5, 0.6) is 0 Å². The Labute approximate surface area is 165 Å². The third-order valence-electron chi connectivity index (χ3n) is 5.02. The number of esters is 1. The van der Waals surface area contributed by atoms with Gasteiger partial charge in [-0.25, -0.2) is 18.1 Å². The molecule has 8 heteroatoms. The number of hydrogen-bond acceptors (Lipinski definition) is 5. The lowest BCUT2D eigenvalue weighted by molar-refractivity contribution is 0.0528. The van der Waals surface area contributed by atoms with Crippen molar-refractivity contribution >= 4 is 17.2 Å². The van der Waals surface area contributed by atoms with Gasteiger partial charge >= 0.3 is 5.97 Å². The van der Waals surface area contributed by atoms with Gasteiger partial charge in [0, 0.05) is 24.8 Å². The van der Waals surface area contributed by atoms with Gasteiger partial charge in [-0.2, -0.15) is 10.4 Å². The van der Waals surface area contributed by atoms with Gasteiger partial charge in [0.2, 0.25) is 0 Å². The molecule has 1 unspecified atom stereocenters. The second kappa shape index (κ2) is 7.51. The highest BCUT2D eigenvalue weighted by molar-refractivity contribution is 5.97. The maximum absolute atomic E-state index is 14.3. The molecule has 0 N–H and O–H groups in total. The smallest absolute Gasteiger partial charge is 0.341 e. The third-order valence-corrected chi connectivity index (χ3v) is 5.02. The van der Waals surface area contributed by atoms with Gasteiger partial charge in [-0.15, -0.1) is 0 Å². The number of benzene rings is 1. The molecule has 3 aromatic rings. The van der Waals surface area contributed by atoms with E-state index in [9.17, 15) is 13.6 Å². The van der Waals surface area contributed by atoms with Crippen LogP contribution in [-0.4, -0.2) is 34.9 Å². The molecular weight excluding hydrogens is 378 g/mol. The Morgan fingerprint density at radius 3 is 2.97 bits per heavy atom. The third kappa shape index (κ3) is 3.51. The monoisotopic (exact) mass is 396 g/mol. The molecule has 0 amide bonds. The van der Waals surface area contributed by atoms with Gasteiger partial charge in [0.15, 0.2) is 0 Å². The number of halogens is 2. The highest BCUT2D eigenvalue weighted by Crippen LogP contribution is 2.38. The number of fused-ring (bicyclic) bond motifs is 1. The van der Waals surface area contributed by atoms with Crippen molar-refractivity contribution in [1.29, 1.82) is 5.26 Å². The predicted molar refractivity (Wildman–Crippen MR) is 102 cm³/mol. The van der Waals surface area contributed by atoms with Crippen LogP contribution in [0.1, 0.15) is 40.9 Å². The van der Waals surface area contributed by atoms with Crippen LogP contribution in [0, 0.1) is 17.1 Å². The number of nitriles is 1. The van der Waals surface area contributed by atoms with Crippen LogP contribution in [0.2, 0.25) is 0 Å². The van der Waals surface area contributed by atoms with E-state index in [-0.39, 0.29) is 25.1 Å². The molecule has 3 heterocycles. The second-order valence-corrected chi connectivity index (χ2v) is 6.88. The molecule has 2 aromatic heterocycles. The highest BCUT2D eigenvalue weighted by atomic mass is 19.1. The van der Waals surface area contributed by atoms with Crippen LogP contribution >= 0.6 is 0 Å². The fourth-order valence-electron chi connectivity index (χ4n) is 3.77. The van der Waals surface area contributed by atoms with E-state index in [0.29, 0.717) is 22.3 Å². The minimum Gasteiger partial charge on any atom is -0.462 e. The molecule has 0 radical (unpaired) electrons. The first-order chi connectivity index (χ1) is 14.0. The molecule has 29 heavy (non-hydrogen) atoms. The van der Waals surface area contributed by atoms with Crippen molar-refractivity contribution in [3.05, 3.63) is 65.2 Å². The molecular formula is C21H18F2N4O2. The number of hydrogen-bond donors (Lipinski definition) is 0. The minimum atomic E-state index is -1.10. The number of aromatic nitrogens is 2. The van der Waals surface area contributed by atoms with E-state index < -0.39 is 24.0 Å². The van der Waals surface area contributed by atoms with E-state index in [2.05, 4.69) is 5.10 Å². The number of carbonyl (C=O) groups is 1. The Balaban J connectivity index is 1.75. The fourth-order valence-corrected chi connectivity index (χ4v) is 3.77. The van der Waals surface area contributed by atoms with Crippen LogP contribution < -0.4 is 4.90 Å². The molecule has 1 fully saturated rings. The van der Waals surface area contributed by atoms with Gasteiger partial charge in [-0.3, -0.25) is 0 Å². The molecule has 0 aliphatic carbocycles. The quantitative estimate of drug-likeness (QED) is 0.627. The number of ether oxygens (including phenoxy) is 1. The van der Waals surface area contributed by atoms with Crippen molar-refractivity contribution in [2.45, 2.75) is 25.6 Å². The lowest BCUT2D eigenvalue weighted by atomic mass is 10.0. The van der Waals surface area contributed by atoms with E-state index in [1.165, 1.54) is 12.3 Å². The van der Waals surface area contributed by atoms with Gasteiger partial charge in [0.1, 0.15) is 17.6 Å². The number of carbonyl (C=O) groups excluding carboxylic acids is 1. The molecule has 1 saturated heterocycles. The summed E-state index contributed by atoms with van der Waals surface area (Å²) >= 11 is 0. The largest absolute Gasteiger partial charge is 0.462 e. The lowest BCUT2D eigenvalue weighted by Gasteiger charge is -2.27. The van der Waals surface area contributed by atoms with Crippen LogP contribution in [0.3, 0.4) is 0 Å². The number of alkyl halides is 1. The normalized spacial score (nSPS) is 18.8. The highest BCUT2D eigenvalue weighted by Gasteiger charge is 2.34. The minimum absolute atomic E-state index is 0.127. The van der Waals surface area contributed by atoms with Gasteiger partial charge in [0.05, 0.1) is 36.0 Å². The van der Waals surface area contributed by atoms with Gasteiger partial charge in [-0.05, 0) is 42.8 Å². The van der Waals surface area contributed by atoms with Crippen molar-refractivity contribution in [2.75, 3.05) is 18.1 Å². The summed E-state index contributed by atoms with van der Waals surface area (Å²) in [6, 6.07) is 9.09. The first-order valence-electron chi connectivity index (χ1n) is 9.26. The van der Waals surface area contributed by atoms with Crippen molar-refractivity contribution in [2.24, 2.45) is 0 Å². The zero-order valence-electron chi connectivity index (χ0n) is 15.7. The molecule has 0 bridgehead atoms. The van der Waals surface area contributed by atoms with E-state index in [1.807, 2.05) is 11.0 Å². The Hall–Kier alpha value is -3.47. The van der Waals surface area contributed by atoms with E-state index in [4.69, 9.17) is 10.00 Å². The summed E-state index contributed by atoms with van der Waals surface area (Å²) < 4.78 is 34.9. The molecule has 1 aliphatic rings. The molecule has 4 rings (SSSR count). The van der Waals surface area contributed by atoms with Crippen molar-refractivity contribution in [1.82, 2.24) is 9.61 Å². The number of pyridine rings is 1. The molecule has 0 saturated carbocycles. The summed E-state index contributed by atoms with van der Waals surface area (Å²) in [5, 5.41) is 13.3. The summed E-state index contributed by atoms with van der Waals surface area (Å²) in [5.41, 5.74) is 2.27. The van der Waals surface area contributed by atoms with Crippen molar-refractivity contribution in [3.63, 3.8) is 0 Å². The summed E-state index contributed by atoms with van der Waals surface area (Å²) in [6.45, 7) is 2.09. The number of nitrogens with zero attached hydrogens (tertiary/aromatic N) is 4. The Morgan fingerprint density at radius 2 is 2.21 bits per heavy atom. The topological polar surface area (TPSA) is 70.6 Å². The summed E-state index contributed by atoms with van der Waals surface area (Å²) in [5.74, 6) is -1.01. The SMILES string of the molecule is CCOC(=O)c1cnn2ccc(N3C[C@@H](F)CC3c3cc(F)cc(C#N)c3)cc12. The standard InChI is InChI=1S/C21H18F2N4O2/c1-2-29-21(28)18-11-25-27-4-3-17(9-20(18)27)26-12-16(23)8-19(26)14-5-13(10-24)6-15(22)7-14/h3-7,9,11,16,19H,2,8,12H2,1H3/t16-,19?/m0/s1. The lowest BCUT2D eigenvalue weighted by Crippen LogP contribution is -2.24. The Kier molecular flexibility index (Phi) is 4.89. The first-order valence-corrected chi connectivity index (χ1v) is 9.26. The van der Waals surface area contributed by atoms with Crippen LogP contribution in [0.4, 0.5) is 14.5 Å². The maximum atomic E-state index is 14.3. The van der Waals surface area contributed by atoms with Crippen LogP contribution in [0.15, 0.2) is 42.7 Å². The predicted octanol–water partition coefficient (Wildman–Crippen LogP) is 3.81. The van der Waals surface area contributed by atoms with Gasteiger partial charge in [-0.1, -0.05) is 0 Å². The second-order valence-electron chi connectivity index (χ2n) is 6.88. The zero-order chi connectivity index (χ0) is 20.5. The van der Waals surface area contributed by atoms with Gasteiger partial charge < -0.3 is 9.64 Å². The molecule has 148 valence electrons. The van der Waals surface area contributed by atoms with E-state index in [1.54, 1.807) is 35.8 Å². The molecule has 1 aromatic carbocycles. The van der Waals surface area contributed by atoms with Crippen LogP contribution in [-0.2, 0) is 4.74 Å². The molecule has 2 atom stereocenters. The Morgan fingerprint density at radius 1 is 1.38 bits per heavy atom. The number of anilines is 1. The zero-order valence-corrected chi connectivity index (χ0v) is 15.7. The molecule has 6 nitrogen and oxygen atoms in total. The molecule has 1 aliphatic heterocycles. The molecule has 0 spiro atoms. The summed E-state index contributed by atoms with van der Waals surface area (Å²) in [6.07, 6.45) is 2.20. The van der Waals surface area contributed by atoms with E-state index in [0.717, 1.165) is 6.07 Å². The van der Waals surface area contributed by atoms with E-state index >= 15 is 0 Å². The average Bonchev–Trinajstić information content (AvgIpc) is 3.30. The summed E-state index contributed by atoms with van der Waals surface area (Å²) in [4.78, 5) is 14.0. The van der Waals surface area contributed by atoms with Crippen LogP contribution in [0.25, 0.3) is 5.52 Å². The average molecular weight is 396 g/mol. The first kappa shape index (κ1) is 18.9. The number of rotatable bonds is 4. The van der Waals surface area contributed by atoms with Crippen molar-refractivity contribution < 1.29 is 18.3 Å². The van der Waals surface area contributed by atoms with Gasteiger partial charge in [0.25, 0.3) is 0 Å².